The Morgan fingerprint density at radius 2 is 2.20 bits per heavy atom. The van der Waals surface area contributed by atoms with Crippen molar-refractivity contribution in [1.82, 2.24) is 5.32 Å². The van der Waals surface area contributed by atoms with Crippen LogP contribution in [0.5, 0.6) is 5.75 Å². The number of nitrogens with one attached hydrogen (secondary N) is 2. The molecule has 1 aromatic rings. The number of aromatic hydroxyl groups is 1. The molecule has 1 saturated carbocycles. The van der Waals surface area contributed by atoms with Crippen LogP contribution < -0.4 is 10.6 Å². The molecule has 0 radical (unpaired) electrons. The molecule has 108 valence electrons. The van der Waals surface area contributed by atoms with Gasteiger partial charge in [0, 0.05) is 5.92 Å². The van der Waals surface area contributed by atoms with Crippen molar-refractivity contribution in [2.24, 2.45) is 11.3 Å². The minimum absolute atomic E-state index is 0.0652. The second kappa shape index (κ2) is 5.09. The van der Waals surface area contributed by atoms with Gasteiger partial charge in [0.25, 0.3) is 0 Å². The molecule has 1 aromatic carbocycles. The number of piperidine rings is 1. The highest BCUT2D eigenvalue weighted by atomic mass is 16.3. The highest BCUT2D eigenvalue weighted by Gasteiger charge is 2.57. The molecular weight excluding hydrogens is 252 g/mol. The molecule has 3 rings (SSSR count). The van der Waals surface area contributed by atoms with Crippen molar-refractivity contribution in [2.45, 2.75) is 32.6 Å². The van der Waals surface area contributed by atoms with Gasteiger partial charge in [0.1, 0.15) is 5.75 Å². The molecule has 3 N–H and O–H groups in total. The Morgan fingerprint density at radius 3 is 2.90 bits per heavy atom. The quantitative estimate of drug-likeness (QED) is 0.741. The number of rotatable bonds is 3. The number of carbonyl (C=O) groups excluding carboxylic acids is 1. The Labute approximate surface area is 119 Å². The minimum atomic E-state index is 0.0652. The Kier molecular flexibility index (Phi) is 3.42. The second-order valence-electron chi connectivity index (χ2n) is 6.06. The van der Waals surface area contributed by atoms with Gasteiger partial charge in [-0.3, -0.25) is 4.79 Å². The molecule has 1 atom stereocenters. The topological polar surface area (TPSA) is 61.4 Å². The van der Waals surface area contributed by atoms with Crippen molar-refractivity contribution in [1.29, 1.82) is 0 Å². The van der Waals surface area contributed by atoms with Crippen LogP contribution in [-0.4, -0.2) is 24.1 Å². The zero-order chi connectivity index (χ0) is 14.2. The van der Waals surface area contributed by atoms with Crippen LogP contribution in [-0.2, 0) is 11.2 Å². The van der Waals surface area contributed by atoms with Gasteiger partial charge >= 0.3 is 0 Å². The number of amides is 1. The van der Waals surface area contributed by atoms with Crippen molar-refractivity contribution in [3.05, 3.63) is 23.8 Å². The summed E-state index contributed by atoms with van der Waals surface area (Å²) < 4.78 is 0. The standard InChI is InChI=1S/C16H22N2O2/c1-2-11-3-4-14(19)13(9-11)18-15(20)12-10-16(12)5-7-17-8-6-16/h3-4,9,12,17,19H,2,5-8,10H2,1H3,(H,18,20). The number of hydrogen-bond donors (Lipinski definition) is 3. The number of aryl methyl sites for hydroxylation is 1. The van der Waals surface area contributed by atoms with Crippen LogP contribution in [0.1, 0.15) is 31.7 Å². The van der Waals surface area contributed by atoms with Gasteiger partial charge in [-0.05, 0) is 61.9 Å². The average Bonchev–Trinajstić information content (AvgIpc) is 3.15. The van der Waals surface area contributed by atoms with Gasteiger partial charge in [0.2, 0.25) is 5.91 Å². The smallest absolute Gasteiger partial charge is 0.228 e. The molecule has 20 heavy (non-hydrogen) atoms. The minimum Gasteiger partial charge on any atom is -0.506 e. The maximum absolute atomic E-state index is 12.4. The first kappa shape index (κ1) is 13.4. The maximum Gasteiger partial charge on any atom is 0.228 e. The van der Waals surface area contributed by atoms with Crippen LogP contribution >= 0.6 is 0 Å². The molecule has 1 aliphatic heterocycles. The van der Waals surface area contributed by atoms with Gasteiger partial charge in [-0.1, -0.05) is 13.0 Å². The van der Waals surface area contributed by atoms with E-state index in [-0.39, 0.29) is 23.0 Å². The number of phenols is 1. The summed E-state index contributed by atoms with van der Waals surface area (Å²) in [5.74, 6) is 0.334. The Bertz CT molecular complexity index is 521. The van der Waals surface area contributed by atoms with Crippen molar-refractivity contribution < 1.29 is 9.90 Å². The van der Waals surface area contributed by atoms with E-state index in [1.807, 2.05) is 12.1 Å². The number of benzene rings is 1. The van der Waals surface area contributed by atoms with Crippen molar-refractivity contribution >= 4 is 11.6 Å². The zero-order valence-corrected chi connectivity index (χ0v) is 11.9. The van der Waals surface area contributed by atoms with E-state index in [9.17, 15) is 9.90 Å². The largest absolute Gasteiger partial charge is 0.506 e. The lowest BCUT2D eigenvalue weighted by atomic mass is 9.92. The Balaban J connectivity index is 1.68. The lowest BCUT2D eigenvalue weighted by Crippen LogP contribution is -2.31. The summed E-state index contributed by atoms with van der Waals surface area (Å²) in [4.78, 5) is 12.4. The molecule has 0 bridgehead atoms. The Hall–Kier alpha value is -1.55. The van der Waals surface area contributed by atoms with E-state index in [1.54, 1.807) is 6.07 Å². The molecule has 1 unspecified atom stereocenters. The van der Waals surface area contributed by atoms with E-state index in [0.717, 1.165) is 44.3 Å². The van der Waals surface area contributed by atoms with Gasteiger partial charge in [-0.15, -0.1) is 0 Å². The molecule has 2 fully saturated rings. The summed E-state index contributed by atoms with van der Waals surface area (Å²) in [5.41, 5.74) is 1.89. The molecule has 4 nitrogen and oxygen atoms in total. The van der Waals surface area contributed by atoms with Crippen molar-refractivity contribution in [2.75, 3.05) is 18.4 Å². The molecule has 1 spiro atoms. The van der Waals surface area contributed by atoms with Gasteiger partial charge in [0.05, 0.1) is 5.69 Å². The van der Waals surface area contributed by atoms with Crippen LogP contribution in [0.25, 0.3) is 0 Å². The fraction of sp³-hybridized carbons (Fsp3) is 0.562. The normalized spacial score (nSPS) is 23.6. The fourth-order valence-electron chi connectivity index (χ4n) is 3.32. The first-order valence-electron chi connectivity index (χ1n) is 7.48. The highest BCUT2D eigenvalue weighted by molar-refractivity contribution is 5.96. The monoisotopic (exact) mass is 274 g/mol. The third-order valence-electron chi connectivity index (χ3n) is 4.83. The summed E-state index contributed by atoms with van der Waals surface area (Å²) in [6.07, 6.45) is 4.06. The van der Waals surface area contributed by atoms with Crippen molar-refractivity contribution in [3.8, 4) is 5.75 Å². The number of anilines is 1. The second-order valence-corrected chi connectivity index (χ2v) is 6.06. The molecule has 1 amide bonds. The number of carbonyl (C=O) groups is 1. The van der Waals surface area contributed by atoms with Crippen LogP contribution in [0.3, 0.4) is 0 Å². The molecule has 1 aliphatic carbocycles. The molecule has 0 aromatic heterocycles. The molecule has 1 heterocycles. The highest BCUT2D eigenvalue weighted by Crippen LogP contribution is 2.58. The zero-order valence-electron chi connectivity index (χ0n) is 11.9. The van der Waals surface area contributed by atoms with Gasteiger partial charge in [-0.2, -0.15) is 0 Å². The first-order chi connectivity index (χ1) is 9.64. The lowest BCUT2D eigenvalue weighted by Gasteiger charge is -2.23. The first-order valence-corrected chi connectivity index (χ1v) is 7.48. The lowest BCUT2D eigenvalue weighted by molar-refractivity contribution is -0.118. The summed E-state index contributed by atoms with van der Waals surface area (Å²) in [7, 11) is 0. The SMILES string of the molecule is CCc1ccc(O)c(NC(=O)C2CC23CCNCC3)c1. The summed E-state index contributed by atoms with van der Waals surface area (Å²) in [5, 5.41) is 16.1. The summed E-state index contributed by atoms with van der Waals surface area (Å²) >= 11 is 0. The molecular formula is C16H22N2O2. The summed E-state index contributed by atoms with van der Waals surface area (Å²) in [6, 6.07) is 5.41. The average molecular weight is 274 g/mol. The van der Waals surface area contributed by atoms with E-state index < -0.39 is 0 Å². The van der Waals surface area contributed by atoms with E-state index in [4.69, 9.17) is 0 Å². The third kappa shape index (κ3) is 2.40. The molecule has 1 saturated heterocycles. The predicted molar refractivity (Wildman–Crippen MR) is 78.8 cm³/mol. The van der Waals surface area contributed by atoms with Crippen LogP contribution in [0.15, 0.2) is 18.2 Å². The third-order valence-corrected chi connectivity index (χ3v) is 4.83. The van der Waals surface area contributed by atoms with Gasteiger partial charge in [-0.25, -0.2) is 0 Å². The fourth-order valence-corrected chi connectivity index (χ4v) is 3.32. The van der Waals surface area contributed by atoms with E-state index in [0.29, 0.717) is 5.69 Å². The van der Waals surface area contributed by atoms with E-state index in [2.05, 4.69) is 17.6 Å². The van der Waals surface area contributed by atoms with Crippen molar-refractivity contribution in [3.63, 3.8) is 0 Å². The van der Waals surface area contributed by atoms with Crippen LogP contribution in [0.4, 0.5) is 5.69 Å². The Morgan fingerprint density at radius 1 is 1.45 bits per heavy atom. The van der Waals surface area contributed by atoms with Crippen LogP contribution in [0.2, 0.25) is 0 Å². The number of phenolic OH excluding ortho intramolecular Hbond substituents is 1. The van der Waals surface area contributed by atoms with Gasteiger partial charge in [0.15, 0.2) is 0 Å². The molecule has 4 heteroatoms. The van der Waals surface area contributed by atoms with Crippen LogP contribution in [0, 0.1) is 11.3 Å². The molecule has 2 aliphatic rings. The van der Waals surface area contributed by atoms with Gasteiger partial charge < -0.3 is 15.7 Å². The number of hydrogen-bond acceptors (Lipinski definition) is 3. The maximum atomic E-state index is 12.4. The summed E-state index contributed by atoms with van der Waals surface area (Å²) in [6.45, 7) is 4.09. The van der Waals surface area contributed by atoms with E-state index >= 15 is 0 Å². The van der Waals surface area contributed by atoms with E-state index in [1.165, 1.54) is 0 Å². The predicted octanol–water partition coefficient (Wildman–Crippen LogP) is 2.28.